The van der Waals surface area contributed by atoms with Crippen LogP contribution in [0, 0.1) is 12.7 Å². The first-order valence-corrected chi connectivity index (χ1v) is 9.16. The van der Waals surface area contributed by atoms with Crippen molar-refractivity contribution in [3.63, 3.8) is 0 Å². The molecule has 0 aliphatic heterocycles. The number of fused-ring (bicyclic) bond motifs is 3. The van der Waals surface area contributed by atoms with Gasteiger partial charge >= 0.3 is 0 Å². The van der Waals surface area contributed by atoms with E-state index < -0.39 is 5.82 Å². The molecule has 0 saturated heterocycles. The number of hydrogen-bond donors (Lipinski definition) is 1. The van der Waals surface area contributed by atoms with Gasteiger partial charge in [0.25, 0.3) is 0 Å². The van der Waals surface area contributed by atoms with Crippen LogP contribution in [0.2, 0.25) is 0 Å². The van der Waals surface area contributed by atoms with Gasteiger partial charge in [0.15, 0.2) is 17.4 Å². The van der Waals surface area contributed by atoms with E-state index in [-0.39, 0.29) is 5.56 Å². The predicted molar refractivity (Wildman–Crippen MR) is 109 cm³/mol. The van der Waals surface area contributed by atoms with Crippen LogP contribution in [-0.2, 0) is 0 Å². The molecular formula is C21H17FN6O2. The molecule has 1 N–H and O–H groups in total. The molecule has 9 heteroatoms. The number of nitrogens with zero attached hydrogens (tertiary/aromatic N) is 5. The summed E-state index contributed by atoms with van der Waals surface area (Å²) in [7, 11) is 3.07. The van der Waals surface area contributed by atoms with Crippen LogP contribution in [0.5, 0.6) is 11.5 Å². The molecule has 0 spiro atoms. The molecule has 8 nitrogen and oxygen atoms in total. The zero-order valence-electron chi connectivity index (χ0n) is 16.5. The number of rotatable bonds is 4. The number of aromatic nitrogens is 6. The average Bonchev–Trinajstić information content (AvgIpc) is 3.41. The number of imidazole rings is 1. The first-order valence-electron chi connectivity index (χ1n) is 9.16. The third kappa shape index (κ3) is 2.59. The Labute approximate surface area is 170 Å². The van der Waals surface area contributed by atoms with Gasteiger partial charge in [-0.3, -0.25) is 14.5 Å². The lowest BCUT2D eigenvalue weighted by Crippen LogP contribution is -2.01. The summed E-state index contributed by atoms with van der Waals surface area (Å²) in [4.78, 5) is 13.4. The van der Waals surface area contributed by atoms with Gasteiger partial charge < -0.3 is 9.47 Å². The van der Waals surface area contributed by atoms with Crippen LogP contribution >= 0.6 is 0 Å². The van der Waals surface area contributed by atoms with Crippen molar-refractivity contribution in [1.29, 1.82) is 0 Å². The number of ether oxygens (including phenoxy) is 2. The Morgan fingerprint density at radius 2 is 1.93 bits per heavy atom. The predicted octanol–water partition coefficient (Wildman–Crippen LogP) is 3.80. The number of H-pyrrole nitrogens is 1. The Kier molecular flexibility index (Phi) is 4.09. The Balaban J connectivity index is 1.98. The molecule has 1 aromatic carbocycles. The fourth-order valence-corrected chi connectivity index (χ4v) is 3.66. The van der Waals surface area contributed by atoms with Crippen molar-refractivity contribution in [2.75, 3.05) is 14.2 Å². The van der Waals surface area contributed by atoms with Crippen LogP contribution in [0.25, 0.3) is 39.2 Å². The van der Waals surface area contributed by atoms with Crippen molar-refractivity contribution in [3.05, 3.63) is 54.5 Å². The van der Waals surface area contributed by atoms with E-state index in [1.807, 2.05) is 29.5 Å². The summed E-state index contributed by atoms with van der Waals surface area (Å²) in [5.74, 6) is 0.843. The van der Waals surface area contributed by atoms with Gasteiger partial charge in [-0.2, -0.15) is 5.10 Å². The summed E-state index contributed by atoms with van der Waals surface area (Å²) >= 11 is 0. The maximum absolute atomic E-state index is 14.9. The maximum Gasteiger partial charge on any atom is 0.156 e. The quantitative estimate of drug-likeness (QED) is 0.490. The molecule has 5 rings (SSSR count). The standard InChI is InChI=1S/C21H17FN6O2/c1-11-20-19(12-7-24-25-8-12)27-15-6-13(29-2)4-5-16(15)28(20)21(26-11)18-14(22)9-23-10-17(18)30-3/h4-10H,1-3H3,(H,24,25). The summed E-state index contributed by atoms with van der Waals surface area (Å²) in [5, 5.41) is 6.86. The van der Waals surface area contributed by atoms with Gasteiger partial charge in [0, 0.05) is 17.8 Å². The fraction of sp³-hybridized carbons (Fsp3) is 0.143. The maximum atomic E-state index is 14.9. The first-order chi connectivity index (χ1) is 14.6. The number of benzene rings is 1. The highest BCUT2D eigenvalue weighted by Gasteiger charge is 2.24. The molecule has 150 valence electrons. The molecule has 0 aliphatic carbocycles. The normalized spacial score (nSPS) is 11.3. The largest absolute Gasteiger partial charge is 0.497 e. The first kappa shape index (κ1) is 18.0. The number of aromatic amines is 1. The second-order valence-corrected chi connectivity index (χ2v) is 6.71. The van der Waals surface area contributed by atoms with Gasteiger partial charge in [-0.25, -0.2) is 14.4 Å². The molecule has 0 aliphatic rings. The van der Waals surface area contributed by atoms with Crippen molar-refractivity contribution >= 4 is 16.6 Å². The SMILES string of the molecule is COc1ccc2c(c1)nc(-c1cn[nH]c1)c1c(C)nc(-c3c(F)cncc3OC)n12. The molecule has 0 saturated carbocycles. The average molecular weight is 404 g/mol. The summed E-state index contributed by atoms with van der Waals surface area (Å²) in [6, 6.07) is 5.54. The molecule has 4 heterocycles. The van der Waals surface area contributed by atoms with E-state index in [4.69, 9.17) is 19.4 Å². The summed E-state index contributed by atoms with van der Waals surface area (Å²) in [6.07, 6.45) is 6.07. The molecule has 0 radical (unpaired) electrons. The third-order valence-electron chi connectivity index (χ3n) is 5.01. The molecule has 0 unspecified atom stereocenters. The zero-order chi connectivity index (χ0) is 20.8. The van der Waals surface area contributed by atoms with Gasteiger partial charge in [-0.1, -0.05) is 0 Å². The second kappa shape index (κ2) is 6.80. The van der Waals surface area contributed by atoms with Crippen LogP contribution in [0.1, 0.15) is 5.69 Å². The lowest BCUT2D eigenvalue weighted by atomic mass is 10.1. The summed E-state index contributed by atoms with van der Waals surface area (Å²) < 4.78 is 27.5. The van der Waals surface area contributed by atoms with Crippen LogP contribution in [0.3, 0.4) is 0 Å². The molecule has 0 fully saturated rings. The Morgan fingerprint density at radius 1 is 1.07 bits per heavy atom. The van der Waals surface area contributed by atoms with E-state index in [1.54, 1.807) is 19.5 Å². The van der Waals surface area contributed by atoms with Gasteiger partial charge in [0.05, 0.1) is 60.6 Å². The topological polar surface area (TPSA) is 90.2 Å². The Hall–Kier alpha value is -4.01. The minimum atomic E-state index is -0.524. The van der Waals surface area contributed by atoms with Crippen LogP contribution in [-0.4, -0.2) is 43.8 Å². The van der Waals surface area contributed by atoms with E-state index in [9.17, 15) is 4.39 Å². The van der Waals surface area contributed by atoms with Crippen LogP contribution < -0.4 is 9.47 Å². The highest BCUT2D eigenvalue weighted by atomic mass is 19.1. The van der Waals surface area contributed by atoms with Gasteiger partial charge in [0.2, 0.25) is 0 Å². The van der Waals surface area contributed by atoms with Gasteiger partial charge in [0.1, 0.15) is 11.4 Å². The van der Waals surface area contributed by atoms with E-state index in [2.05, 4.69) is 15.2 Å². The Morgan fingerprint density at radius 3 is 2.67 bits per heavy atom. The smallest absolute Gasteiger partial charge is 0.156 e. The number of pyridine rings is 1. The van der Waals surface area contributed by atoms with Crippen molar-refractivity contribution in [1.82, 2.24) is 29.5 Å². The molecule has 0 atom stereocenters. The van der Waals surface area contributed by atoms with Crippen molar-refractivity contribution in [2.24, 2.45) is 0 Å². The number of aryl methyl sites for hydroxylation is 1. The molecule has 30 heavy (non-hydrogen) atoms. The lowest BCUT2D eigenvalue weighted by Gasteiger charge is -2.12. The Bertz CT molecular complexity index is 1390. The highest BCUT2D eigenvalue weighted by Crippen LogP contribution is 2.37. The number of methoxy groups -OCH3 is 2. The van der Waals surface area contributed by atoms with Crippen molar-refractivity contribution in [3.8, 4) is 34.1 Å². The van der Waals surface area contributed by atoms with E-state index >= 15 is 0 Å². The lowest BCUT2D eigenvalue weighted by molar-refractivity contribution is 0.410. The van der Waals surface area contributed by atoms with E-state index in [0.717, 1.165) is 22.8 Å². The second-order valence-electron chi connectivity index (χ2n) is 6.71. The van der Waals surface area contributed by atoms with Crippen molar-refractivity contribution in [2.45, 2.75) is 6.92 Å². The van der Waals surface area contributed by atoms with E-state index in [1.165, 1.54) is 13.3 Å². The molecule has 5 aromatic rings. The fourth-order valence-electron chi connectivity index (χ4n) is 3.66. The van der Waals surface area contributed by atoms with E-state index in [0.29, 0.717) is 34.2 Å². The van der Waals surface area contributed by atoms with Gasteiger partial charge in [-0.15, -0.1) is 0 Å². The summed E-state index contributed by atoms with van der Waals surface area (Å²) in [5.41, 5.74) is 4.58. The number of hydrogen-bond acceptors (Lipinski definition) is 6. The number of nitrogens with one attached hydrogen (secondary N) is 1. The minimum Gasteiger partial charge on any atom is -0.497 e. The number of halogens is 1. The molecule has 0 bridgehead atoms. The monoisotopic (exact) mass is 404 g/mol. The highest BCUT2D eigenvalue weighted by molar-refractivity contribution is 5.91. The summed E-state index contributed by atoms with van der Waals surface area (Å²) in [6.45, 7) is 1.87. The van der Waals surface area contributed by atoms with Crippen LogP contribution in [0.4, 0.5) is 4.39 Å². The van der Waals surface area contributed by atoms with Crippen molar-refractivity contribution < 1.29 is 13.9 Å². The molecule has 4 aromatic heterocycles. The van der Waals surface area contributed by atoms with Crippen LogP contribution in [0.15, 0.2) is 43.0 Å². The third-order valence-corrected chi connectivity index (χ3v) is 5.01. The zero-order valence-corrected chi connectivity index (χ0v) is 16.5. The molecule has 0 amide bonds. The minimum absolute atomic E-state index is 0.233. The van der Waals surface area contributed by atoms with Gasteiger partial charge in [-0.05, 0) is 19.1 Å². The molecular weight excluding hydrogens is 387 g/mol.